The summed E-state index contributed by atoms with van der Waals surface area (Å²) in [7, 11) is -6.14. The number of aliphatic hydroxyl groups excluding tert-OH is 7. The van der Waals surface area contributed by atoms with Crippen LogP contribution in [0.15, 0.2) is 0 Å². The molecule has 0 aromatic carbocycles. The van der Waals surface area contributed by atoms with E-state index in [1.165, 1.54) is 6.92 Å². The predicted molar refractivity (Wildman–Crippen MR) is 90.7 cm³/mol. The van der Waals surface area contributed by atoms with Crippen molar-refractivity contribution in [3.63, 3.8) is 0 Å². The molecular formula is C13H27O11S2+. The van der Waals surface area contributed by atoms with E-state index in [2.05, 4.69) is 4.18 Å². The van der Waals surface area contributed by atoms with Crippen molar-refractivity contribution in [2.75, 3.05) is 18.1 Å². The molecule has 0 amide bonds. The van der Waals surface area contributed by atoms with Crippen LogP contribution in [-0.2, 0) is 25.5 Å². The van der Waals surface area contributed by atoms with Crippen molar-refractivity contribution in [3.8, 4) is 0 Å². The lowest BCUT2D eigenvalue weighted by Gasteiger charge is -2.29. The average Bonchev–Trinajstić information content (AvgIpc) is 2.83. The zero-order valence-electron chi connectivity index (χ0n) is 14.1. The minimum atomic E-state index is -5.06. The van der Waals surface area contributed by atoms with E-state index in [9.17, 15) is 39.1 Å². The van der Waals surface area contributed by atoms with Gasteiger partial charge in [-0.1, -0.05) is 6.92 Å². The van der Waals surface area contributed by atoms with E-state index in [0.717, 1.165) is 0 Å². The molecule has 9 atom stereocenters. The minimum Gasteiger partial charge on any atom is -0.393 e. The summed E-state index contributed by atoms with van der Waals surface area (Å²) in [6.45, 7) is 0.792. The van der Waals surface area contributed by atoms with Gasteiger partial charge in [0, 0.05) is 10.9 Å². The van der Waals surface area contributed by atoms with Crippen molar-refractivity contribution in [2.24, 2.45) is 0 Å². The molecule has 8 N–H and O–H groups in total. The third kappa shape index (κ3) is 6.24. The fourth-order valence-electron chi connectivity index (χ4n) is 2.84. The van der Waals surface area contributed by atoms with Crippen molar-refractivity contribution in [3.05, 3.63) is 0 Å². The van der Waals surface area contributed by atoms with E-state index in [1.807, 2.05) is 0 Å². The van der Waals surface area contributed by atoms with Gasteiger partial charge in [-0.25, -0.2) is 4.18 Å². The van der Waals surface area contributed by atoms with Gasteiger partial charge in [0.05, 0.1) is 12.7 Å². The number of aliphatic hydroxyl groups is 7. The molecule has 1 fully saturated rings. The molecule has 1 aliphatic rings. The summed E-state index contributed by atoms with van der Waals surface area (Å²) < 4.78 is 35.2. The van der Waals surface area contributed by atoms with Crippen molar-refractivity contribution in [1.29, 1.82) is 0 Å². The summed E-state index contributed by atoms with van der Waals surface area (Å²) in [5.41, 5.74) is 0. The highest BCUT2D eigenvalue weighted by molar-refractivity contribution is 7.97. The van der Waals surface area contributed by atoms with Gasteiger partial charge in [-0.05, 0) is 6.42 Å². The summed E-state index contributed by atoms with van der Waals surface area (Å²) in [6, 6.07) is 0. The monoisotopic (exact) mass is 423 g/mol. The maximum Gasteiger partial charge on any atom is 0.397 e. The molecular weight excluding hydrogens is 396 g/mol. The minimum absolute atomic E-state index is 0.00815. The van der Waals surface area contributed by atoms with Crippen LogP contribution >= 0.6 is 0 Å². The van der Waals surface area contributed by atoms with Crippen LogP contribution in [0.3, 0.4) is 0 Å². The highest BCUT2D eigenvalue weighted by Crippen LogP contribution is 2.29. The van der Waals surface area contributed by atoms with Gasteiger partial charge in [0.2, 0.25) is 0 Å². The molecule has 1 aliphatic heterocycles. The Hall–Kier alpha value is -0.0600. The Bertz CT molecular complexity index is 530. The quantitative estimate of drug-likeness (QED) is 0.125. The Morgan fingerprint density at radius 1 is 1.15 bits per heavy atom. The summed E-state index contributed by atoms with van der Waals surface area (Å²) in [5.74, 6) is -0.353. The first-order valence-electron chi connectivity index (χ1n) is 7.94. The van der Waals surface area contributed by atoms with E-state index in [0.29, 0.717) is 0 Å². The highest BCUT2D eigenvalue weighted by Gasteiger charge is 2.54. The van der Waals surface area contributed by atoms with Crippen molar-refractivity contribution in [1.82, 2.24) is 0 Å². The number of rotatable bonds is 10. The Kier molecular flexibility index (Phi) is 9.16. The smallest absolute Gasteiger partial charge is 0.393 e. The normalized spacial score (nSPS) is 32.8. The van der Waals surface area contributed by atoms with Gasteiger partial charge in [0.15, 0.2) is 5.25 Å². The van der Waals surface area contributed by atoms with Gasteiger partial charge < -0.3 is 35.7 Å². The Balaban J connectivity index is 2.98. The lowest BCUT2D eigenvalue weighted by Crippen LogP contribution is -2.51. The van der Waals surface area contributed by atoms with Crippen LogP contribution in [0, 0.1) is 0 Å². The van der Waals surface area contributed by atoms with E-state index in [1.54, 1.807) is 0 Å². The standard InChI is InChI=1S/C13H26O11S2/c1-2-6(15)10(19)12(24-26(21,22)23)9(18)5-25-4-8(17)11(20)13(25)7(16)3-14/h6-20H,2-5H2,1H3/p+1/t6-,7+,8-,9+,10-,11-,12-,13+,25?/m1/s1. The van der Waals surface area contributed by atoms with Crippen LogP contribution < -0.4 is 0 Å². The molecule has 1 saturated heterocycles. The SMILES string of the molecule is CC[C@@H](O)[C@@H](O)[C@H](OS(=O)(=O)O)[C@@H](O)C[S+]1C[C@@H](O)[C@@H](O)[C@@H]1[C@@H](O)CO. The maximum atomic E-state index is 11.0. The fourth-order valence-corrected chi connectivity index (χ4v) is 6.32. The van der Waals surface area contributed by atoms with Gasteiger partial charge in [0.1, 0.15) is 48.1 Å². The first kappa shape index (κ1) is 24.0. The third-order valence-corrected chi connectivity index (χ3v) is 7.58. The second kappa shape index (κ2) is 9.93. The van der Waals surface area contributed by atoms with E-state index < -0.39 is 75.9 Å². The predicted octanol–water partition coefficient (Wildman–Crippen LogP) is -4.26. The summed E-state index contributed by atoms with van der Waals surface area (Å²) in [4.78, 5) is 0. The van der Waals surface area contributed by atoms with Crippen LogP contribution in [0.4, 0.5) is 0 Å². The molecule has 0 aliphatic carbocycles. The molecule has 1 rings (SSSR count). The van der Waals surface area contributed by atoms with Gasteiger partial charge in [-0.15, -0.1) is 0 Å². The molecule has 0 saturated carbocycles. The lowest BCUT2D eigenvalue weighted by atomic mass is 10.0. The number of hydrogen-bond acceptors (Lipinski definition) is 10. The Labute approximate surface area is 154 Å². The van der Waals surface area contributed by atoms with E-state index >= 15 is 0 Å². The summed E-state index contributed by atoms with van der Waals surface area (Å²) in [6.07, 6.45) is -10.9. The molecule has 0 bridgehead atoms. The zero-order chi connectivity index (χ0) is 20.2. The zero-order valence-corrected chi connectivity index (χ0v) is 15.7. The van der Waals surface area contributed by atoms with Crippen LogP contribution in [0.25, 0.3) is 0 Å². The van der Waals surface area contributed by atoms with E-state index in [-0.39, 0.29) is 17.9 Å². The highest BCUT2D eigenvalue weighted by atomic mass is 32.3. The molecule has 26 heavy (non-hydrogen) atoms. The molecule has 0 radical (unpaired) electrons. The van der Waals surface area contributed by atoms with Crippen LogP contribution in [0.1, 0.15) is 13.3 Å². The van der Waals surface area contributed by atoms with Crippen molar-refractivity contribution in [2.45, 2.75) is 61.3 Å². The molecule has 13 heteroatoms. The largest absolute Gasteiger partial charge is 0.397 e. The van der Waals surface area contributed by atoms with Crippen molar-refractivity contribution >= 4 is 21.3 Å². The summed E-state index contributed by atoms with van der Waals surface area (Å²) in [5, 5.41) is 67.7. The molecule has 1 heterocycles. The average molecular weight is 423 g/mol. The van der Waals surface area contributed by atoms with Crippen LogP contribution in [-0.4, -0.2) is 115 Å². The van der Waals surface area contributed by atoms with Crippen molar-refractivity contribution < 1.29 is 52.9 Å². The molecule has 1 unspecified atom stereocenters. The third-order valence-electron chi connectivity index (χ3n) is 4.21. The lowest BCUT2D eigenvalue weighted by molar-refractivity contribution is -0.0887. The Morgan fingerprint density at radius 3 is 2.19 bits per heavy atom. The van der Waals surface area contributed by atoms with Crippen LogP contribution in [0.2, 0.25) is 0 Å². The topological polar surface area (TPSA) is 205 Å². The van der Waals surface area contributed by atoms with E-state index in [4.69, 9.17) is 9.66 Å². The van der Waals surface area contributed by atoms with Gasteiger partial charge in [0.25, 0.3) is 0 Å². The van der Waals surface area contributed by atoms with Crippen LogP contribution in [0.5, 0.6) is 0 Å². The van der Waals surface area contributed by atoms with Gasteiger partial charge >= 0.3 is 10.4 Å². The van der Waals surface area contributed by atoms with Gasteiger partial charge in [-0.3, -0.25) is 4.55 Å². The molecule has 0 spiro atoms. The molecule has 0 aromatic rings. The molecule has 11 nitrogen and oxygen atoms in total. The van der Waals surface area contributed by atoms with Gasteiger partial charge in [-0.2, -0.15) is 8.42 Å². The fraction of sp³-hybridized carbons (Fsp3) is 1.00. The first-order chi connectivity index (χ1) is 11.9. The number of hydrogen-bond donors (Lipinski definition) is 8. The Morgan fingerprint density at radius 2 is 1.73 bits per heavy atom. The summed E-state index contributed by atoms with van der Waals surface area (Å²) >= 11 is 0. The maximum absolute atomic E-state index is 11.0. The second-order valence-electron chi connectivity index (χ2n) is 6.17. The molecule has 0 aromatic heterocycles. The second-order valence-corrected chi connectivity index (χ2v) is 9.50. The molecule has 156 valence electrons. The first-order valence-corrected chi connectivity index (χ1v) is 10.9.